The van der Waals surface area contributed by atoms with E-state index in [1.807, 2.05) is 31.2 Å². The number of aryl methyl sites for hydroxylation is 2. The molecule has 0 saturated heterocycles. The molecule has 0 unspecified atom stereocenters. The lowest BCUT2D eigenvalue weighted by Crippen LogP contribution is -2.16. The van der Waals surface area contributed by atoms with Gasteiger partial charge in [0.1, 0.15) is 11.5 Å². The summed E-state index contributed by atoms with van der Waals surface area (Å²) in [4.78, 5) is 32.7. The summed E-state index contributed by atoms with van der Waals surface area (Å²) in [6.07, 6.45) is 3.52. The van der Waals surface area contributed by atoms with Crippen LogP contribution >= 0.6 is 11.6 Å². The van der Waals surface area contributed by atoms with E-state index in [-0.39, 0.29) is 12.1 Å². The predicted molar refractivity (Wildman–Crippen MR) is 95.6 cm³/mol. The number of carbonyl (C=O) groups excluding carboxylic acids is 3. The fraction of sp³-hybridized carbons (Fsp3) is 0.111. The molecule has 0 fully saturated rings. The number of rotatable bonds is 3. The van der Waals surface area contributed by atoms with E-state index < -0.39 is 0 Å². The quantitative estimate of drug-likeness (QED) is 0.764. The van der Waals surface area contributed by atoms with Gasteiger partial charge in [-0.3, -0.25) is 9.48 Å². The molecule has 3 aromatic rings. The second-order valence-corrected chi connectivity index (χ2v) is 5.70. The molecule has 26 heavy (non-hydrogen) atoms. The Morgan fingerprint density at radius 2 is 1.92 bits per heavy atom. The van der Waals surface area contributed by atoms with Gasteiger partial charge < -0.3 is 5.32 Å². The van der Waals surface area contributed by atoms with E-state index in [2.05, 4.69) is 15.4 Å². The highest BCUT2D eigenvalue weighted by Gasteiger charge is 2.11. The first-order chi connectivity index (χ1) is 12.5. The molecule has 1 amide bonds. The molecular formula is C18H15ClN4O3. The fourth-order valence-corrected chi connectivity index (χ4v) is 2.49. The molecule has 2 aromatic heterocycles. The minimum Gasteiger partial charge on any atom is -0.305 e. The number of nitrogens with zero attached hydrogens (tertiary/aromatic N) is 3. The van der Waals surface area contributed by atoms with Crippen molar-refractivity contribution in [2.24, 2.45) is 7.05 Å². The van der Waals surface area contributed by atoms with Gasteiger partial charge in [0.25, 0.3) is 5.91 Å². The molecule has 0 saturated carbocycles. The summed E-state index contributed by atoms with van der Waals surface area (Å²) in [5.74, 6) is 0.225. The van der Waals surface area contributed by atoms with Gasteiger partial charge >= 0.3 is 6.15 Å². The van der Waals surface area contributed by atoms with Crippen molar-refractivity contribution in [3.8, 4) is 11.1 Å². The molecule has 2 heterocycles. The van der Waals surface area contributed by atoms with Gasteiger partial charge in [0.2, 0.25) is 0 Å². The predicted octanol–water partition coefficient (Wildman–Crippen LogP) is 3.11. The number of amides is 1. The number of aromatic nitrogens is 3. The van der Waals surface area contributed by atoms with Crippen LogP contribution in [0.3, 0.4) is 0 Å². The van der Waals surface area contributed by atoms with Crippen molar-refractivity contribution in [3.63, 3.8) is 0 Å². The van der Waals surface area contributed by atoms with Crippen molar-refractivity contribution in [1.29, 1.82) is 0 Å². The molecule has 0 aliphatic rings. The molecule has 0 radical (unpaired) electrons. The molecule has 1 N–H and O–H groups in total. The average Bonchev–Trinajstić information content (AvgIpc) is 3.05. The van der Waals surface area contributed by atoms with E-state index in [0.29, 0.717) is 16.5 Å². The summed E-state index contributed by atoms with van der Waals surface area (Å²) in [5.41, 5.74) is 3.41. The maximum absolute atomic E-state index is 12.1. The SMILES string of the molecule is Cc1ccc(Cl)c(-c2ccc(NC(=O)c3ccnn3C)nc2)c1.O=C=O. The second kappa shape index (κ2) is 8.71. The summed E-state index contributed by atoms with van der Waals surface area (Å²) in [5, 5.41) is 7.39. The molecule has 0 aliphatic heterocycles. The molecular weight excluding hydrogens is 356 g/mol. The van der Waals surface area contributed by atoms with E-state index in [0.717, 1.165) is 16.7 Å². The number of nitrogens with one attached hydrogen (secondary N) is 1. The van der Waals surface area contributed by atoms with Crippen molar-refractivity contribution in [3.05, 3.63) is 65.1 Å². The van der Waals surface area contributed by atoms with Crippen LogP contribution in [-0.2, 0) is 16.6 Å². The van der Waals surface area contributed by atoms with Crippen LogP contribution in [0.1, 0.15) is 16.1 Å². The summed E-state index contributed by atoms with van der Waals surface area (Å²) < 4.78 is 1.51. The zero-order valence-corrected chi connectivity index (χ0v) is 14.8. The van der Waals surface area contributed by atoms with Crippen LogP contribution in [0.5, 0.6) is 0 Å². The summed E-state index contributed by atoms with van der Waals surface area (Å²) in [6, 6.07) is 11.1. The first-order valence-electron chi connectivity index (χ1n) is 7.47. The highest BCUT2D eigenvalue weighted by Crippen LogP contribution is 2.28. The van der Waals surface area contributed by atoms with Gasteiger partial charge in [0.15, 0.2) is 0 Å². The summed E-state index contributed by atoms with van der Waals surface area (Å²) >= 11 is 6.23. The van der Waals surface area contributed by atoms with E-state index >= 15 is 0 Å². The van der Waals surface area contributed by atoms with Gasteiger partial charge in [-0.1, -0.05) is 23.2 Å². The van der Waals surface area contributed by atoms with Crippen molar-refractivity contribution < 1.29 is 14.4 Å². The Labute approximate surface area is 154 Å². The first-order valence-corrected chi connectivity index (χ1v) is 7.85. The van der Waals surface area contributed by atoms with Crippen LogP contribution in [-0.4, -0.2) is 26.8 Å². The smallest absolute Gasteiger partial charge is 0.305 e. The maximum atomic E-state index is 12.1. The third-order valence-electron chi connectivity index (χ3n) is 3.49. The van der Waals surface area contributed by atoms with Crippen LogP contribution in [0.2, 0.25) is 5.02 Å². The van der Waals surface area contributed by atoms with Gasteiger partial charge in [-0.2, -0.15) is 14.7 Å². The largest absolute Gasteiger partial charge is 0.373 e. The molecule has 7 nitrogen and oxygen atoms in total. The third kappa shape index (κ3) is 4.63. The van der Waals surface area contributed by atoms with Gasteiger partial charge in [-0.15, -0.1) is 0 Å². The number of hydrogen-bond acceptors (Lipinski definition) is 5. The Morgan fingerprint density at radius 3 is 2.50 bits per heavy atom. The first kappa shape index (κ1) is 19.1. The summed E-state index contributed by atoms with van der Waals surface area (Å²) in [6.45, 7) is 2.01. The molecule has 1 aromatic carbocycles. The zero-order chi connectivity index (χ0) is 19.1. The Kier molecular flexibility index (Phi) is 6.38. The van der Waals surface area contributed by atoms with Crippen LogP contribution in [0, 0.1) is 6.92 Å². The molecule has 0 bridgehead atoms. The van der Waals surface area contributed by atoms with Crippen molar-refractivity contribution in [2.75, 3.05) is 5.32 Å². The average molecular weight is 371 g/mol. The molecule has 0 spiro atoms. The highest BCUT2D eigenvalue weighted by molar-refractivity contribution is 6.33. The van der Waals surface area contributed by atoms with Crippen molar-refractivity contribution in [1.82, 2.24) is 14.8 Å². The fourth-order valence-electron chi connectivity index (χ4n) is 2.26. The van der Waals surface area contributed by atoms with E-state index in [1.54, 1.807) is 31.6 Å². The number of pyridine rings is 1. The lowest BCUT2D eigenvalue weighted by atomic mass is 10.1. The minimum atomic E-state index is -0.251. The number of halogens is 1. The van der Waals surface area contributed by atoms with E-state index in [1.165, 1.54) is 4.68 Å². The number of hydrogen-bond donors (Lipinski definition) is 1. The molecule has 0 aliphatic carbocycles. The van der Waals surface area contributed by atoms with Crippen molar-refractivity contribution in [2.45, 2.75) is 6.92 Å². The second-order valence-electron chi connectivity index (χ2n) is 5.29. The Bertz CT molecular complexity index is 945. The molecule has 132 valence electrons. The number of carbonyl (C=O) groups is 1. The van der Waals surface area contributed by atoms with E-state index in [4.69, 9.17) is 21.2 Å². The standard InChI is InChI=1S/C17H15ClN4O.CO2/c1-11-3-5-14(18)13(9-11)12-4-6-16(19-10-12)21-17(23)15-7-8-20-22(15)2;2-1-3/h3-10H,1-2H3,(H,19,21,23);. The van der Waals surface area contributed by atoms with E-state index in [9.17, 15) is 4.79 Å². The minimum absolute atomic E-state index is 0.250. The molecule has 8 heteroatoms. The maximum Gasteiger partial charge on any atom is 0.373 e. The number of anilines is 1. The topological polar surface area (TPSA) is 93.9 Å². The van der Waals surface area contributed by atoms with Crippen LogP contribution in [0.15, 0.2) is 48.8 Å². The Morgan fingerprint density at radius 1 is 1.19 bits per heavy atom. The Balaban J connectivity index is 0.000000758. The van der Waals surface area contributed by atoms with Gasteiger partial charge in [-0.25, -0.2) is 4.98 Å². The number of benzene rings is 1. The van der Waals surface area contributed by atoms with Gasteiger partial charge in [-0.05, 0) is 37.3 Å². The molecule has 3 rings (SSSR count). The van der Waals surface area contributed by atoms with Crippen LogP contribution in [0.4, 0.5) is 5.82 Å². The summed E-state index contributed by atoms with van der Waals surface area (Å²) in [7, 11) is 1.71. The van der Waals surface area contributed by atoms with Crippen LogP contribution in [0.25, 0.3) is 11.1 Å². The van der Waals surface area contributed by atoms with Crippen LogP contribution < -0.4 is 5.32 Å². The monoisotopic (exact) mass is 370 g/mol. The Hall–Kier alpha value is -3.28. The lowest BCUT2D eigenvalue weighted by Gasteiger charge is -2.08. The lowest BCUT2D eigenvalue weighted by molar-refractivity contribution is -0.191. The highest BCUT2D eigenvalue weighted by atomic mass is 35.5. The van der Waals surface area contributed by atoms with Gasteiger partial charge in [0.05, 0.1) is 0 Å². The molecule has 0 atom stereocenters. The third-order valence-corrected chi connectivity index (χ3v) is 3.82. The van der Waals surface area contributed by atoms with Crippen molar-refractivity contribution >= 4 is 29.5 Å². The van der Waals surface area contributed by atoms with Gasteiger partial charge in [0, 0.05) is 35.6 Å². The zero-order valence-electron chi connectivity index (χ0n) is 14.1. The normalized spacial score (nSPS) is 9.65.